The third kappa shape index (κ3) is 5.37. The summed E-state index contributed by atoms with van der Waals surface area (Å²) in [5, 5.41) is 12.6. The molecule has 0 radical (unpaired) electrons. The van der Waals surface area contributed by atoms with Crippen LogP contribution in [0.15, 0.2) is 54.6 Å². The number of benzene rings is 2. The number of hydrogen-bond acceptors (Lipinski definition) is 4. The molecule has 1 N–H and O–H groups in total. The molecule has 0 bridgehead atoms. The van der Waals surface area contributed by atoms with Crippen molar-refractivity contribution in [3.63, 3.8) is 0 Å². The number of methoxy groups -OCH3 is 1. The van der Waals surface area contributed by atoms with Gasteiger partial charge >= 0.3 is 0 Å². The maximum atomic E-state index is 12.5. The van der Waals surface area contributed by atoms with Gasteiger partial charge in [-0.05, 0) is 42.3 Å². The number of nitrogens with zero attached hydrogens (tertiary/aromatic N) is 1. The summed E-state index contributed by atoms with van der Waals surface area (Å²) in [7, 11) is 1.48. The van der Waals surface area contributed by atoms with Crippen LogP contribution in [0.3, 0.4) is 0 Å². The van der Waals surface area contributed by atoms with Crippen molar-refractivity contribution < 1.29 is 14.3 Å². The predicted octanol–water partition coefficient (Wildman–Crippen LogP) is 4.77. The molecule has 0 aliphatic heterocycles. The van der Waals surface area contributed by atoms with Gasteiger partial charge in [0.25, 0.3) is 5.91 Å². The van der Waals surface area contributed by atoms with E-state index in [1.54, 1.807) is 42.5 Å². The lowest BCUT2D eigenvalue weighted by Gasteiger charge is -2.12. The second-order valence-corrected chi connectivity index (χ2v) is 6.00. The van der Waals surface area contributed by atoms with Gasteiger partial charge in [0, 0.05) is 11.1 Å². The fourth-order valence-electron chi connectivity index (χ4n) is 2.25. The summed E-state index contributed by atoms with van der Waals surface area (Å²) in [6, 6.07) is 12.3. The highest BCUT2D eigenvalue weighted by Gasteiger charge is 2.14. The molecule has 0 spiro atoms. The molecule has 0 aliphatic carbocycles. The molecule has 1 amide bonds. The molecule has 2 aromatic rings. The Bertz CT molecular complexity index is 912. The summed E-state index contributed by atoms with van der Waals surface area (Å²) in [5.41, 5.74) is 1.89. The first-order chi connectivity index (χ1) is 13.0. The molecule has 0 saturated carbocycles. The van der Waals surface area contributed by atoms with E-state index in [2.05, 4.69) is 11.9 Å². The molecule has 6 heteroatoms. The van der Waals surface area contributed by atoms with Crippen molar-refractivity contribution >= 4 is 29.3 Å². The average Bonchev–Trinajstić information content (AvgIpc) is 2.67. The van der Waals surface area contributed by atoms with Crippen LogP contribution < -0.4 is 14.8 Å². The van der Waals surface area contributed by atoms with E-state index in [-0.39, 0.29) is 5.57 Å². The molecule has 5 nitrogen and oxygen atoms in total. The van der Waals surface area contributed by atoms with Crippen LogP contribution in [0.5, 0.6) is 11.5 Å². The number of ether oxygens (including phenoxy) is 2. The third-order valence-electron chi connectivity index (χ3n) is 3.65. The Balaban J connectivity index is 2.21. The monoisotopic (exact) mass is 382 g/mol. The number of carbonyl (C=O) groups is 1. The molecular formula is C21H19ClN2O3. The number of rotatable bonds is 7. The standard InChI is InChI=1S/C21H19ClN2O3/c1-4-9-27-17-7-5-15(6-8-17)11-16(13-23)21(25)24-19-10-14(2)18(22)12-20(19)26-3/h4-8,10-12H,1,9H2,2-3H3,(H,24,25)/b16-11+. The minimum absolute atomic E-state index is 0.0376. The molecule has 0 heterocycles. The Hall–Kier alpha value is -3.23. The zero-order valence-corrected chi connectivity index (χ0v) is 15.8. The Morgan fingerprint density at radius 2 is 2.04 bits per heavy atom. The van der Waals surface area contributed by atoms with Gasteiger partial charge in [-0.2, -0.15) is 5.26 Å². The average molecular weight is 383 g/mol. The maximum absolute atomic E-state index is 12.5. The van der Waals surface area contributed by atoms with Crippen LogP contribution in [-0.4, -0.2) is 19.6 Å². The fourth-order valence-corrected chi connectivity index (χ4v) is 2.40. The van der Waals surface area contributed by atoms with Crippen molar-refractivity contribution in [1.29, 1.82) is 5.26 Å². The molecule has 0 unspecified atom stereocenters. The normalized spacial score (nSPS) is 10.7. The molecule has 138 valence electrons. The highest BCUT2D eigenvalue weighted by atomic mass is 35.5. The topological polar surface area (TPSA) is 71.3 Å². The second kappa shape index (κ2) is 9.46. The van der Waals surface area contributed by atoms with Crippen LogP contribution in [0.4, 0.5) is 5.69 Å². The minimum atomic E-state index is -0.537. The van der Waals surface area contributed by atoms with Gasteiger partial charge in [0.15, 0.2) is 0 Å². The zero-order chi connectivity index (χ0) is 19.8. The lowest BCUT2D eigenvalue weighted by Crippen LogP contribution is -2.14. The molecule has 0 fully saturated rings. The molecular weight excluding hydrogens is 364 g/mol. The van der Waals surface area contributed by atoms with E-state index < -0.39 is 5.91 Å². The van der Waals surface area contributed by atoms with Crippen molar-refractivity contribution in [2.45, 2.75) is 6.92 Å². The van der Waals surface area contributed by atoms with E-state index in [4.69, 9.17) is 21.1 Å². The molecule has 27 heavy (non-hydrogen) atoms. The highest BCUT2D eigenvalue weighted by Crippen LogP contribution is 2.31. The van der Waals surface area contributed by atoms with Gasteiger partial charge in [0.05, 0.1) is 12.8 Å². The summed E-state index contributed by atoms with van der Waals surface area (Å²) in [6.07, 6.45) is 3.15. The van der Waals surface area contributed by atoms with E-state index in [1.165, 1.54) is 13.2 Å². The molecule has 0 aromatic heterocycles. The first kappa shape index (κ1) is 20.1. The Kier molecular flexibility index (Phi) is 7.04. The van der Waals surface area contributed by atoms with E-state index >= 15 is 0 Å². The molecule has 0 saturated heterocycles. The number of carbonyl (C=O) groups excluding carboxylic acids is 1. The molecule has 0 aliphatic rings. The SMILES string of the molecule is C=CCOc1ccc(/C=C(\C#N)C(=O)Nc2cc(C)c(Cl)cc2OC)cc1. The van der Waals surface area contributed by atoms with Crippen LogP contribution in [0, 0.1) is 18.3 Å². The van der Waals surface area contributed by atoms with Crippen LogP contribution in [0.2, 0.25) is 5.02 Å². The van der Waals surface area contributed by atoms with E-state index in [0.29, 0.717) is 34.4 Å². The van der Waals surface area contributed by atoms with E-state index in [1.807, 2.05) is 13.0 Å². The summed E-state index contributed by atoms with van der Waals surface area (Å²) in [6.45, 7) is 5.81. The quantitative estimate of drug-likeness (QED) is 0.425. The minimum Gasteiger partial charge on any atom is -0.495 e. The van der Waals surface area contributed by atoms with Crippen molar-refractivity contribution in [3.8, 4) is 17.6 Å². The predicted molar refractivity (Wildman–Crippen MR) is 107 cm³/mol. The van der Waals surface area contributed by atoms with Crippen molar-refractivity contribution in [2.24, 2.45) is 0 Å². The largest absolute Gasteiger partial charge is 0.495 e. The van der Waals surface area contributed by atoms with Crippen molar-refractivity contribution in [1.82, 2.24) is 0 Å². The maximum Gasteiger partial charge on any atom is 0.266 e. The first-order valence-corrected chi connectivity index (χ1v) is 8.47. The third-order valence-corrected chi connectivity index (χ3v) is 4.06. The zero-order valence-electron chi connectivity index (χ0n) is 15.1. The number of aryl methyl sites for hydroxylation is 1. The van der Waals surface area contributed by atoms with Gasteiger partial charge in [0.2, 0.25) is 0 Å². The number of nitriles is 1. The van der Waals surface area contributed by atoms with E-state index in [0.717, 1.165) is 5.56 Å². The first-order valence-electron chi connectivity index (χ1n) is 8.09. The van der Waals surface area contributed by atoms with Crippen molar-refractivity contribution in [2.75, 3.05) is 19.0 Å². The van der Waals surface area contributed by atoms with Gasteiger partial charge in [-0.1, -0.05) is 36.4 Å². The Morgan fingerprint density at radius 1 is 1.33 bits per heavy atom. The summed E-state index contributed by atoms with van der Waals surface area (Å²) in [4.78, 5) is 12.5. The second-order valence-electron chi connectivity index (χ2n) is 5.59. The number of halogens is 1. The van der Waals surface area contributed by atoms with Gasteiger partial charge < -0.3 is 14.8 Å². The smallest absolute Gasteiger partial charge is 0.266 e. The number of anilines is 1. The van der Waals surface area contributed by atoms with Gasteiger partial charge in [-0.15, -0.1) is 0 Å². The number of amides is 1. The highest BCUT2D eigenvalue weighted by molar-refractivity contribution is 6.31. The van der Waals surface area contributed by atoms with Gasteiger partial charge in [0.1, 0.15) is 29.7 Å². The lowest BCUT2D eigenvalue weighted by atomic mass is 10.1. The van der Waals surface area contributed by atoms with Gasteiger partial charge in [-0.25, -0.2) is 0 Å². The summed E-state index contributed by atoms with van der Waals surface area (Å²) < 4.78 is 10.6. The molecule has 2 rings (SSSR count). The molecule has 2 aromatic carbocycles. The van der Waals surface area contributed by atoms with Crippen LogP contribution in [0.1, 0.15) is 11.1 Å². The van der Waals surface area contributed by atoms with Crippen LogP contribution >= 0.6 is 11.6 Å². The Labute approximate surface area is 163 Å². The van der Waals surface area contributed by atoms with Crippen molar-refractivity contribution in [3.05, 3.63) is 70.8 Å². The number of hydrogen-bond donors (Lipinski definition) is 1. The summed E-state index contributed by atoms with van der Waals surface area (Å²) >= 11 is 6.07. The summed E-state index contributed by atoms with van der Waals surface area (Å²) in [5.74, 6) is 0.556. The number of nitrogens with one attached hydrogen (secondary N) is 1. The molecule has 0 atom stereocenters. The lowest BCUT2D eigenvalue weighted by molar-refractivity contribution is -0.112. The van der Waals surface area contributed by atoms with Crippen LogP contribution in [-0.2, 0) is 4.79 Å². The van der Waals surface area contributed by atoms with Crippen LogP contribution in [0.25, 0.3) is 6.08 Å². The fraction of sp³-hybridized carbons (Fsp3) is 0.143. The van der Waals surface area contributed by atoms with Gasteiger partial charge in [-0.3, -0.25) is 4.79 Å². The Morgan fingerprint density at radius 3 is 2.63 bits per heavy atom. The van der Waals surface area contributed by atoms with E-state index in [9.17, 15) is 10.1 Å².